The predicted molar refractivity (Wildman–Crippen MR) is 100.0 cm³/mol. The molecule has 128 valence electrons. The lowest BCUT2D eigenvalue weighted by Gasteiger charge is -2.05. The first-order valence-electron chi connectivity index (χ1n) is 7.13. The highest BCUT2D eigenvalue weighted by atomic mass is 35.5. The molecule has 1 aromatic heterocycles. The van der Waals surface area contributed by atoms with Crippen molar-refractivity contribution < 1.29 is 9.18 Å². The number of hydrogen-bond donors (Lipinski definition) is 2. The number of amides is 2. The number of rotatable bonds is 5. The van der Waals surface area contributed by atoms with Crippen molar-refractivity contribution in [2.24, 2.45) is 0 Å². The number of nitrogens with one attached hydrogen (secondary N) is 2. The maximum Gasteiger partial charge on any atom is 0.325 e. The first-order valence-corrected chi connectivity index (χ1v) is 9.31. The Hall–Kier alpha value is -2.16. The van der Waals surface area contributed by atoms with Gasteiger partial charge in [-0.2, -0.15) is 0 Å². The minimum atomic E-state index is -0.571. The van der Waals surface area contributed by atoms with Gasteiger partial charge in [-0.1, -0.05) is 35.1 Å². The van der Waals surface area contributed by atoms with Gasteiger partial charge in [0.05, 0.1) is 11.4 Å². The second kappa shape index (κ2) is 8.28. The van der Waals surface area contributed by atoms with E-state index in [-0.39, 0.29) is 5.69 Å². The number of carbonyl (C=O) groups is 1. The zero-order chi connectivity index (χ0) is 17.6. The Bertz CT molecular complexity index is 873. The summed E-state index contributed by atoms with van der Waals surface area (Å²) in [5.41, 5.74) is 0.100. The molecule has 0 aliphatic heterocycles. The summed E-state index contributed by atoms with van der Waals surface area (Å²) in [6, 6.07) is 12.9. The third kappa shape index (κ3) is 5.15. The summed E-state index contributed by atoms with van der Waals surface area (Å²) in [7, 11) is 0. The summed E-state index contributed by atoms with van der Waals surface area (Å²) in [6.07, 6.45) is 0. The minimum Gasteiger partial charge on any atom is -0.305 e. The Labute approximate surface area is 156 Å². The lowest BCUT2D eigenvalue weighted by Crippen LogP contribution is -2.19. The normalized spacial score (nSPS) is 10.5. The number of nitrogens with zero attached hydrogens (tertiary/aromatic N) is 2. The van der Waals surface area contributed by atoms with Crippen molar-refractivity contribution in [2.75, 3.05) is 10.6 Å². The molecule has 1 heterocycles. The fourth-order valence-corrected chi connectivity index (χ4v) is 3.60. The van der Waals surface area contributed by atoms with Gasteiger partial charge >= 0.3 is 6.03 Å². The molecule has 2 aromatic carbocycles. The van der Waals surface area contributed by atoms with Crippen molar-refractivity contribution in [3.8, 4) is 0 Å². The van der Waals surface area contributed by atoms with Gasteiger partial charge in [0.2, 0.25) is 5.13 Å². The SMILES string of the molecule is O=C(Nc1nnc(CSc2ccc(Cl)cc2)s1)Nc1ccccc1F. The Kier molecular flexibility index (Phi) is 5.85. The number of anilines is 2. The van der Waals surface area contributed by atoms with Crippen molar-refractivity contribution in [1.82, 2.24) is 10.2 Å². The van der Waals surface area contributed by atoms with Crippen molar-refractivity contribution >= 4 is 51.5 Å². The Morgan fingerprint density at radius 1 is 1.12 bits per heavy atom. The monoisotopic (exact) mass is 394 g/mol. The molecule has 0 atom stereocenters. The topological polar surface area (TPSA) is 66.9 Å². The van der Waals surface area contributed by atoms with E-state index in [4.69, 9.17) is 11.6 Å². The highest BCUT2D eigenvalue weighted by molar-refractivity contribution is 7.98. The lowest BCUT2D eigenvalue weighted by molar-refractivity contribution is 0.262. The second-order valence-corrected chi connectivity index (χ2v) is 7.35. The van der Waals surface area contributed by atoms with Gasteiger partial charge in [-0.05, 0) is 36.4 Å². The molecular formula is C16H12ClFN4OS2. The van der Waals surface area contributed by atoms with Crippen molar-refractivity contribution in [3.05, 3.63) is 64.4 Å². The maximum absolute atomic E-state index is 13.5. The largest absolute Gasteiger partial charge is 0.325 e. The molecule has 0 fully saturated rings. The molecule has 0 bridgehead atoms. The Morgan fingerprint density at radius 2 is 1.88 bits per heavy atom. The third-order valence-corrected chi connectivity index (χ3v) is 5.28. The standard InChI is InChI=1S/C16H12ClFN4OS2/c17-10-5-7-11(8-6-10)24-9-14-21-22-16(25-14)20-15(23)19-13-4-2-1-3-12(13)18/h1-8H,9H2,(H2,19,20,22,23). The highest BCUT2D eigenvalue weighted by Crippen LogP contribution is 2.27. The van der Waals surface area contributed by atoms with Crippen LogP contribution in [0.4, 0.5) is 20.0 Å². The van der Waals surface area contributed by atoms with Crippen molar-refractivity contribution in [2.45, 2.75) is 10.6 Å². The zero-order valence-electron chi connectivity index (χ0n) is 12.7. The molecule has 0 radical (unpaired) electrons. The molecular weight excluding hydrogens is 383 g/mol. The van der Waals surface area contributed by atoms with Crippen LogP contribution in [0.2, 0.25) is 5.02 Å². The van der Waals surface area contributed by atoms with Gasteiger partial charge in [0.1, 0.15) is 10.8 Å². The van der Waals surface area contributed by atoms with Crippen LogP contribution in [-0.2, 0) is 5.75 Å². The van der Waals surface area contributed by atoms with Gasteiger partial charge < -0.3 is 5.32 Å². The molecule has 0 unspecified atom stereocenters. The van der Waals surface area contributed by atoms with Gasteiger partial charge in [0, 0.05) is 9.92 Å². The van der Waals surface area contributed by atoms with Crippen LogP contribution in [-0.4, -0.2) is 16.2 Å². The van der Waals surface area contributed by atoms with Crippen molar-refractivity contribution in [1.29, 1.82) is 0 Å². The van der Waals surface area contributed by atoms with E-state index >= 15 is 0 Å². The molecule has 3 aromatic rings. The summed E-state index contributed by atoms with van der Waals surface area (Å²) < 4.78 is 13.5. The van der Waals surface area contributed by atoms with Crippen LogP contribution in [0.3, 0.4) is 0 Å². The number of hydrogen-bond acceptors (Lipinski definition) is 5. The number of thioether (sulfide) groups is 1. The number of carbonyl (C=O) groups excluding carboxylic acids is 1. The smallest absolute Gasteiger partial charge is 0.305 e. The molecule has 0 spiro atoms. The minimum absolute atomic E-state index is 0.100. The van der Waals surface area contributed by atoms with Gasteiger partial charge in [-0.15, -0.1) is 22.0 Å². The van der Waals surface area contributed by atoms with Gasteiger partial charge in [0.25, 0.3) is 0 Å². The summed E-state index contributed by atoms with van der Waals surface area (Å²) in [4.78, 5) is 12.9. The average Bonchev–Trinajstić information content (AvgIpc) is 3.04. The number of urea groups is 1. The van der Waals surface area contributed by atoms with Crippen LogP contribution in [0.25, 0.3) is 0 Å². The fourth-order valence-electron chi connectivity index (χ4n) is 1.85. The molecule has 9 heteroatoms. The molecule has 5 nitrogen and oxygen atoms in total. The summed E-state index contributed by atoms with van der Waals surface area (Å²) in [5.74, 6) is 0.116. The molecule has 25 heavy (non-hydrogen) atoms. The van der Waals surface area contributed by atoms with Gasteiger partial charge in [-0.3, -0.25) is 5.32 Å². The van der Waals surface area contributed by atoms with Crippen LogP contribution in [0.5, 0.6) is 0 Å². The van der Waals surface area contributed by atoms with E-state index in [1.165, 1.54) is 23.5 Å². The number of para-hydroxylation sites is 1. The van der Waals surface area contributed by atoms with Crippen LogP contribution in [0.1, 0.15) is 5.01 Å². The second-order valence-electron chi connectivity index (χ2n) is 4.80. The van der Waals surface area contributed by atoms with Gasteiger partial charge in [-0.25, -0.2) is 9.18 Å². The summed E-state index contributed by atoms with van der Waals surface area (Å²) in [6.45, 7) is 0. The maximum atomic E-state index is 13.5. The molecule has 0 saturated carbocycles. The molecule has 2 N–H and O–H groups in total. The van der Waals surface area contributed by atoms with E-state index in [2.05, 4.69) is 20.8 Å². The van der Waals surface area contributed by atoms with E-state index < -0.39 is 11.8 Å². The summed E-state index contributed by atoms with van der Waals surface area (Å²) in [5, 5.41) is 14.7. The third-order valence-electron chi connectivity index (χ3n) is 2.99. The first-order chi connectivity index (χ1) is 12.1. The van der Waals surface area contributed by atoms with Crippen LogP contribution >= 0.6 is 34.7 Å². The molecule has 0 saturated heterocycles. The lowest BCUT2D eigenvalue weighted by atomic mass is 10.3. The van der Waals surface area contributed by atoms with E-state index in [0.717, 1.165) is 9.90 Å². The summed E-state index contributed by atoms with van der Waals surface area (Å²) >= 11 is 8.70. The quantitative estimate of drug-likeness (QED) is 0.579. The van der Waals surface area contributed by atoms with E-state index in [1.54, 1.807) is 23.9 Å². The van der Waals surface area contributed by atoms with E-state index in [1.807, 2.05) is 24.3 Å². The zero-order valence-corrected chi connectivity index (χ0v) is 15.1. The molecule has 0 aliphatic carbocycles. The number of halogens is 2. The molecule has 3 rings (SSSR count). The average molecular weight is 395 g/mol. The van der Waals surface area contributed by atoms with Gasteiger partial charge in [0.15, 0.2) is 0 Å². The first kappa shape index (κ1) is 17.7. The van der Waals surface area contributed by atoms with E-state index in [0.29, 0.717) is 15.9 Å². The van der Waals surface area contributed by atoms with Crippen LogP contribution in [0.15, 0.2) is 53.4 Å². The van der Waals surface area contributed by atoms with Crippen LogP contribution < -0.4 is 10.6 Å². The van der Waals surface area contributed by atoms with E-state index in [9.17, 15) is 9.18 Å². The van der Waals surface area contributed by atoms with Crippen molar-refractivity contribution in [3.63, 3.8) is 0 Å². The fraction of sp³-hybridized carbons (Fsp3) is 0.0625. The predicted octanol–water partition coefficient (Wildman–Crippen LogP) is 5.27. The van der Waals surface area contributed by atoms with Crippen LogP contribution in [0, 0.1) is 5.82 Å². The Balaban J connectivity index is 1.53. The Morgan fingerprint density at radius 3 is 2.64 bits per heavy atom. The number of benzene rings is 2. The molecule has 2 amide bonds. The highest BCUT2D eigenvalue weighted by Gasteiger charge is 2.10. The molecule has 0 aliphatic rings. The number of aromatic nitrogens is 2.